The summed E-state index contributed by atoms with van der Waals surface area (Å²) < 4.78 is 0. The molecule has 3 saturated heterocycles. The van der Waals surface area contributed by atoms with Crippen molar-refractivity contribution >= 4 is 120 Å². The molecule has 0 spiro atoms. The lowest BCUT2D eigenvalue weighted by atomic mass is 9.96. The highest BCUT2D eigenvalue weighted by Crippen LogP contribution is 2.28. The molecule has 20 N–H and O–H groups in total. The third-order valence-electron chi connectivity index (χ3n) is 18.2. The monoisotopic (exact) mass is 1470 g/mol. The minimum atomic E-state index is -1.77. The number of carbonyl (C=O) groups is 15. The van der Waals surface area contributed by atoms with Gasteiger partial charge in [0.1, 0.15) is 78.5 Å². The van der Waals surface area contributed by atoms with E-state index in [1.54, 1.807) is 55.4 Å². The van der Waals surface area contributed by atoms with Crippen LogP contribution in [0.3, 0.4) is 0 Å². The van der Waals surface area contributed by atoms with Gasteiger partial charge in [-0.2, -0.15) is 25.3 Å². The average molecular weight is 1470 g/mol. The number of carboxylic acids is 2. The van der Waals surface area contributed by atoms with E-state index in [2.05, 4.69) is 83.4 Å². The fraction of sp³-hybridized carbons (Fsp3) is 0.746. The number of nitrogens with zero attached hydrogens (tertiary/aromatic N) is 4. The smallest absolute Gasteiger partial charge is 0.326 e. The molecular formula is C63H107N17O19S2. The Balaban J connectivity index is 1.80. The maximum absolute atomic E-state index is 14.7. The molecule has 0 saturated carbocycles. The number of carboxylic acid groups (broad SMARTS) is 2. The molecule has 36 nitrogen and oxygen atoms in total. The van der Waals surface area contributed by atoms with Crippen LogP contribution in [0.5, 0.6) is 0 Å². The number of likely N-dealkylation sites (tertiary alicyclic amines) is 3. The molecule has 0 aromatic carbocycles. The first-order valence-corrected chi connectivity index (χ1v) is 35.5. The lowest BCUT2D eigenvalue weighted by Crippen LogP contribution is -2.62. The Kier molecular flexibility index (Phi) is 37.1. The molecule has 0 aromatic heterocycles. The fourth-order valence-electron chi connectivity index (χ4n) is 11.8. The van der Waals surface area contributed by atoms with Gasteiger partial charge in [-0.1, -0.05) is 74.7 Å². The molecular weight excluding hydrogens is 1360 g/mol. The van der Waals surface area contributed by atoms with Crippen LogP contribution in [0.25, 0.3) is 0 Å². The predicted molar refractivity (Wildman–Crippen MR) is 372 cm³/mol. The first-order chi connectivity index (χ1) is 47.7. The van der Waals surface area contributed by atoms with Crippen molar-refractivity contribution in [2.24, 2.45) is 45.9 Å². The Labute approximate surface area is 598 Å². The number of aliphatic hydroxyl groups is 2. The van der Waals surface area contributed by atoms with Crippen LogP contribution in [0.4, 0.5) is 0 Å². The summed E-state index contributed by atoms with van der Waals surface area (Å²) in [5, 5.41) is 64.6. The lowest BCUT2D eigenvalue weighted by molar-refractivity contribution is -0.148. The van der Waals surface area contributed by atoms with Gasteiger partial charge in [-0.05, 0) is 81.5 Å². The van der Waals surface area contributed by atoms with E-state index in [9.17, 15) is 92.3 Å². The summed E-state index contributed by atoms with van der Waals surface area (Å²) in [7, 11) is 0. The van der Waals surface area contributed by atoms with E-state index in [0.29, 0.717) is 38.5 Å². The van der Waals surface area contributed by atoms with Crippen LogP contribution < -0.4 is 70.4 Å². The van der Waals surface area contributed by atoms with E-state index in [1.165, 1.54) is 14.7 Å². The molecule has 0 unspecified atom stereocenters. The number of hydrogen-bond acceptors (Lipinski definition) is 21. The zero-order valence-electron chi connectivity index (χ0n) is 58.7. The predicted octanol–water partition coefficient (Wildman–Crippen LogP) is -5.59. The van der Waals surface area contributed by atoms with Crippen LogP contribution in [0.15, 0.2) is 4.99 Å². The van der Waals surface area contributed by atoms with Gasteiger partial charge in [0.15, 0.2) is 5.96 Å². The number of nitrogens with two attached hydrogens (primary N) is 3. The number of aliphatic carboxylic acids is 2. The molecule has 3 aliphatic heterocycles. The summed E-state index contributed by atoms with van der Waals surface area (Å²) in [6.07, 6.45) is 1.56. The van der Waals surface area contributed by atoms with Crippen LogP contribution in [0.1, 0.15) is 139 Å². The van der Waals surface area contributed by atoms with Gasteiger partial charge in [0.25, 0.3) is 0 Å². The first-order valence-electron chi connectivity index (χ1n) is 34.3. The Morgan fingerprint density at radius 2 is 0.891 bits per heavy atom. The summed E-state index contributed by atoms with van der Waals surface area (Å²) in [6, 6.07) is -18.0. The van der Waals surface area contributed by atoms with Gasteiger partial charge in [-0.3, -0.25) is 72.1 Å². The van der Waals surface area contributed by atoms with E-state index >= 15 is 0 Å². The van der Waals surface area contributed by atoms with Crippen molar-refractivity contribution in [3.8, 4) is 0 Å². The molecule has 13 amide bonds. The van der Waals surface area contributed by atoms with Gasteiger partial charge < -0.3 is 105 Å². The van der Waals surface area contributed by atoms with E-state index in [-0.39, 0.29) is 88.1 Å². The van der Waals surface area contributed by atoms with E-state index < -0.39 is 211 Å². The maximum atomic E-state index is 14.7. The van der Waals surface area contributed by atoms with Crippen molar-refractivity contribution in [2.75, 3.05) is 57.4 Å². The van der Waals surface area contributed by atoms with Gasteiger partial charge in [-0.15, -0.1) is 0 Å². The Hall–Kier alpha value is -8.10. The number of rotatable bonds is 42. The SMILES string of the molecule is CC[C@H](C)[C@H](NC(=O)CN)C(=O)N[C@@H](CS)C(=O)N[C@@H](CO)C(=O)N[C@@H](CCCN=C(N)N)C(=O)N[C@@H](CO)C(=O)N[C@@H](CC(C)C)C(=O)N1CCC[C@H]1C(=O)N1CCC[C@H]1C(=O)N[C@H](C(=O)N[C@@H](CS)C(=O)N[C@H](C(=O)N1CCC[C@H]1C(=O)N[C@@H](CC(=O)O)C(=O)O)[C@@H](C)CC)[C@@H](C)CC. The Bertz CT molecular complexity index is 2950. The van der Waals surface area contributed by atoms with Gasteiger partial charge in [-0.25, -0.2) is 4.79 Å². The average Bonchev–Trinajstić information content (AvgIpc) is 1.73. The Morgan fingerprint density at radius 3 is 1.35 bits per heavy atom. The number of aliphatic hydroxyl groups excluding tert-OH is 2. The van der Waals surface area contributed by atoms with Crippen molar-refractivity contribution in [3.63, 3.8) is 0 Å². The van der Waals surface area contributed by atoms with Gasteiger partial charge in [0.05, 0.1) is 26.2 Å². The van der Waals surface area contributed by atoms with Crippen LogP contribution in [0, 0.1) is 23.7 Å². The van der Waals surface area contributed by atoms with Crippen LogP contribution >= 0.6 is 25.3 Å². The largest absolute Gasteiger partial charge is 0.481 e. The molecule has 16 atom stereocenters. The number of nitrogens with one attached hydrogen (secondary N) is 10. The Morgan fingerprint density at radius 1 is 0.485 bits per heavy atom. The van der Waals surface area contributed by atoms with Crippen molar-refractivity contribution in [3.05, 3.63) is 0 Å². The van der Waals surface area contributed by atoms with Crippen molar-refractivity contribution in [1.29, 1.82) is 0 Å². The zero-order chi connectivity index (χ0) is 76.1. The molecule has 0 aliphatic carbocycles. The summed E-state index contributed by atoms with van der Waals surface area (Å²) >= 11 is 8.50. The molecule has 0 bridgehead atoms. The van der Waals surface area contributed by atoms with Crippen LogP contribution in [-0.4, -0.2) is 266 Å². The second-order valence-electron chi connectivity index (χ2n) is 26.1. The van der Waals surface area contributed by atoms with E-state index in [0.717, 1.165) is 0 Å². The molecule has 3 rings (SSSR count). The molecule has 3 aliphatic rings. The highest BCUT2D eigenvalue weighted by atomic mass is 32.1. The summed E-state index contributed by atoms with van der Waals surface area (Å²) in [5.41, 5.74) is 16.4. The van der Waals surface area contributed by atoms with Crippen LogP contribution in [-0.2, 0) is 71.9 Å². The molecule has 0 aromatic rings. The molecule has 38 heteroatoms. The highest BCUT2D eigenvalue weighted by molar-refractivity contribution is 7.80. The van der Waals surface area contributed by atoms with Crippen molar-refractivity contribution in [2.45, 2.75) is 217 Å². The molecule has 3 heterocycles. The second-order valence-corrected chi connectivity index (χ2v) is 26.9. The first kappa shape index (κ1) is 87.1. The lowest BCUT2D eigenvalue weighted by Gasteiger charge is -2.34. The quantitative estimate of drug-likeness (QED) is 0.0117. The normalized spacial score (nSPS) is 19.7. The minimum Gasteiger partial charge on any atom is -0.481 e. The summed E-state index contributed by atoms with van der Waals surface area (Å²) in [4.78, 5) is 211. The molecule has 0 radical (unpaired) electrons. The number of amides is 13. The molecule has 570 valence electrons. The third-order valence-corrected chi connectivity index (χ3v) is 19.0. The summed E-state index contributed by atoms with van der Waals surface area (Å²) in [6.45, 7) is 11.6. The number of carbonyl (C=O) groups excluding carboxylic acids is 13. The molecule has 101 heavy (non-hydrogen) atoms. The van der Waals surface area contributed by atoms with E-state index in [4.69, 9.17) is 17.2 Å². The number of hydrogen-bond donors (Lipinski definition) is 19. The van der Waals surface area contributed by atoms with Crippen molar-refractivity contribution in [1.82, 2.24) is 67.9 Å². The van der Waals surface area contributed by atoms with Gasteiger partial charge in [0.2, 0.25) is 76.8 Å². The topological polar surface area (TPSA) is 557 Å². The second kappa shape index (κ2) is 43.0. The van der Waals surface area contributed by atoms with E-state index in [1.807, 2.05) is 0 Å². The van der Waals surface area contributed by atoms with Gasteiger partial charge >= 0.3 is 11.9 Å². The maximum Gasteiger partial charge on any atom is 0.326 e. The zero-order valence-corrected chi connectivity index (χ0v) is 60.5. The number of thiol groups is 2. The number of guanidine groups is 1. The van der Waals surface area contributed by atoms with Gasteiger partial charge in [0, 0.05) is 37.7 Å². The molecule has 3 fully saturated rings. The van der Waals surface area contributed by atoms with Crippen LogP contribution in [0.2, 0.25) is 0 Å². The minimum absolute atomic E-state index is 0.00279. The number of aliphatic imine (C=N–C) groups is 1. The standard InChI is InChI=1S/C63H107N17O19S2/c1-9-32(6)47(75-45(83)26-64)57(93)73-40(29-100)53(89)72-38(27-81)51(87)68-35(16-12-20-67-63(65)66)50(86)71-39(28-82)52(88)69-36(24-31(4)5)59(95)80-23-15-19-44(80)60(96)78-21-13-18-43(78)56(92)76-48(33(7)10-2)58(94)74-41(30-101)54(90)77-49(34(8)11-3)61(97)79-22-14-17-42(79)55(91)70-37(62(98)99)25-46(84)85/h31-44,47-49,81-82,100-101H,9-30,64H2,1-8H3,(H,68,87)(H,69,88)(H,70,91)(H,71,86)(H,72,89)(H,73,93)(H,74,94)(H,75,83)(H,76,92)(H,77,90)(H,84,85)(H,98,99)(H4,65,66,67)/t32-,33-,34-,35-,36-,37-,38-,39-,40-,41-,42-,43-,44-,47-,48-,49-/m0/s1. The summed E-state index contributed by atoms with van der Waals surface area (Å²) in [5.74, 6) is -16.4. The third kappa shape index (κ3) is 26.0. The van der Waals surface area contributed by atoms with Crippen molar-refractivity contribution < 1.29 is 92.3 Å². The highest BCUT2D eigenvalue weighted by Gasteiger charge is 2.46. The fourth-order valence-corrected chi connectivity index (χ4v) is 12.3.